The third-order valence-electron chi connectivity index (χ3n) is 5.48. The summed E-state index contributed by atoms with van der Waals surface area (Å²) in [5.41, 5.74) is 2.99. The zero-order chi connectivity index (χ0) is 18.4. The topological polar surface area (TPSA) is 91.7 Å². The zero-order valence-corrected chi connectivity index (χ0v) is 14.9. The van der Waals surface area contributed by atoms with E-state index in [4.69, 9.17) is 9.84 Å². The minimum Gasteiger partial charge on any atom is -0.370 e. The molecule has 0 unspecified atom stereocenters. The van der Waals surface area contributed by atoms with Crippen LogP contribution in [0.5, 0.6) is 0 Å². The number of H-pyrrole nitrogens is 1. The van der Waals surface area contributed by atoms with Crippen LogP contribution in [-0.4, -0.2) is 53.4 Å². The Balaban J connectivity index is 1.75. The van der Waals surface area contributed by atoms with E-state index in [0.717, 1.165) is 48.2 Å². The van der Waals surface area contributed by atoms with E-state index in [1.54, 1.807) is 11.0 Å². The number of aromatic nitrogens is 3. The maximum Gasteiger partial charge on any atom is 0.253 e. The van der Waals surface area contributed by atoms with Gasteiger partial charge in [-0.15, -0.1) is 0 Å². The summed E-state index contributed by atoms with van der Waals surface area (Å²) in [6.45, 7) is 2.94. The molecule has 0 saturated carbocycles. The van der Waals surface area contributed by atoms with Gasteiger partial charge in [0.05, 0.1) is 28.9 Å². The molecule has 140 valence electrons. The van der Waals surface area contributed by atoms with Gasteiger partial charge in [0.25, 0.3) is 11.5 Å². The van der Waals surface area contributed by atoms with Crippen LogP contribution in [0.4, 0.5) is 5.69 Å². The first-order chi connectivity index (χ1) is 13.2. The molecule has 0 spiro atoms. The van der Waals surface area contributed by atoms with Gasteiger partial charge in [-0.1, -0.05) is 6.07 Å². The molecule has 0 radical (unpaired) electrons. The fourth-order valence-electron chi connectivity index (χ4n) is 4.17. The van der Waals surface area contributed by atoms with Crippen molar-refractivity contribution in [2.75, 3.05) is 37.7 Å². The molecule has 27 heavy (non-hydrogen) atoms. The Morgan fingerprint density at radius 2 is 2.04 bits per heavy atom. The summed E-state index contributed by atoms with van der Waals surface area (Å²) in [5, 5.41) is 8.93. The van der Waals surface area contributed by atoms with Gasteiger partial charge in [0.15, 0.2) is 0 Å². The number of carbonyl (C=O) groups excluding carboxylic acids is 1. The van der Waals surface area contributed by atoms with E-state index < -0.39 is 0 Å². The maximum absolute atomic E-state index is 12.4. The number of piperidine rings is 1. The lowest BCUT2D eigenvalue weighted by molar-refractivity contribution is -0.125. The molecule has 2 aliphatic rings. The first-order valence-corrected chi connectivity index (χ1v) is 9.36. The number of benzene rings is 1. The van der Waals surface area contributed by atoms with E-state index in [9.17, 15) is 9.59 Å². The summed E-state index contributed by atoms with van der Waals surface area (Å²) in [5.74, 6) is 0.212. The Hall–Kier alpha value is -2.71. The van der Waals surface area contributed by atoms with E-state index in [0.29, 0.717) is 24.7 Å². The third kappa shape index (κ3) is 2.72. The predicted octanol–water partition coefficient (Wildman–Crippen LogP) is 1.01. The van der Waals surface area contributed by atoms with Crippen LogP contribution in [0.3, 0.4) is 0 Å². The van der Waals surface area contributed by atoms with Crippen molar-refractivity contribution in [3.8, 4) is 0 Å². The number of hydrogen-bond donors (Lipinski definition) is 2. The predicted molar refractivity (Wildman–Crippen MR) is 101 cm³/mol. The molecule has 3 aromatic rings. The van der Waals surface area contributed by atoms with Crippen molar-refractivity contribution in [1.82, 2.24) is 19.9 Å². The van der Waals surface area contributed by atoms with E-state index in [1.165, 1.54) is 0 Å². The molecule has 2 aliphatic heterocycles. The first-order valence-electron chi connectivity index (χ1n) is 9.36. The lowest BCUT2D eigenvalue weighted by Gasteiger charge is -2.27. The normalized spacial score (nSPS) is 19.3. The Morgan fingerprint density at radius 1 is 1.19 bits per heavy atom. The number of rotatable bonds is 2. The molecule has 1 amide bonds. The van der Waals surface area contributed by atoms with Crippen molar-refractivity contribution in [2.45, 2.75) is 18.8 Å². The molecule has 2 N–H and O–H groups in total. The van der Waals surface area contributed by atoms with Crippen LogP contribution in [0.1, 0.15) is 24.5 Å². The standard InChI is InChI=1S/C19H21N5O3/c25-16-10-15(12-4-6-20-7-5-12)24-19(21-16)18-13(22-24)2-1-3-14(18)23-8-9-27-11-17(23)26/h1-3,10,12,20H,4-9,11H2,(H,21,25). The molecule has 1 aromatic carbocycles. The summed E-state index contributed by atoms with van der Waals surface area (Å²) in [7, 11) is 0. The number of hydrogen-bond acceptors (Lipinski definition) is 5. The monoisotopic (exact) mass is 367 g/mol. The number of ether oxygens (including phenoxy) is 1. The van der Waals surface area contributed by atoms with Gasteiger partial charge in [-0.25, -0.2) is 4.52 Å². The van der Waals surface area contributed by atoms with Crippen LogP contribution in [-0.2, 0) is 9.53 Å². The van der Waals surface area contributed by atoms with Crippen molar-refractivity contribution in [1.29, 1.82) is 0 Å². The number of nitrogens with zero attached hydrogens (tertiary/aromatic N) is 3. The quantitative estimate of drug-likeness (QED) is 0.705. The molecule has 8 heteroatoms. The fraction of sp³-hybridized carbons (Fsp3) is 0.421. The highest BCUT2D eigenvalue weighted by atomic mass is 16.5. The van der Waals surface area contributed by atoms with Gasteiger partial charge in [-0.05, 0) is 38.1 Å². The van der Waals surface area contributed by atoms with E-state index in [1.807, 2.05) is 22.7 Å². The molecular formula is C19H21N5O3. The van der Waals surface area contributed by atoms with Crippen LogP contribution in [0.15, 0.2) is 29.1 Å². The highest BCUT2D eigenvalue weighted by Crippen LogP contribution is 2.32. The van der Waals surface area contributed by atoms with E-state index in [-0.39, 0.29) is 18.1 Å². The van der Waals surface area contributed by atoms with Gasteiger partial charge < -0.3 is 19.9 Å². The summed E-state index contributed by atoms with van der Waals surface area (Å²) < 4.78 is 7.11. The van der Waals surface area contributed by atoms with Crippen molar-refractivity contribution in [3.05, 3.63) is 40.3 Å². The van der Waals surface area contributed by atoms with Gasteiger partial charge >= 0.3 is 0 Å². The van der Waals surface area contributed by atoms with Gasteiger partial charge in [0.1, 0.15) is 12.3 Å². The Morgan fingerprint density at radius 3 is 2.85 bits per heavy atom. The van der Waals surface area contributed by atoms with Crippen molar-refractivity contribution >= 4 is 28.1 Å². The maximum atomic E-state index is 12.4. The summed E-state index contributed by atoms with van der Waals surface area (Å²) in [6, 6.07) is 7.38. The largest absolute Gasteiger partial charge is 0.370 e. The van der Waals surface area contributed by atoms with Crippen LogP contribution < -0.4 is 15.8 Å². The van der Waals surface area contributed by atoms with Crippen molar-refractivity contribution in [3.63, 3.8) is 0 Å². The second kappa shape index (κ2) is 6.47. The number of aromatic amines is 1. The Labute approximate surface area is 155 Å². The minimum absolute atomic E-state index is 0.0758. The number of carbonyl (C=O) groups is 1. The number of amides is 1. The van der Waals surface area contributed by atoms with E-state index >= 15 is 0 Å². The molecule has 4 heterocycles. The minimum atomic E-state index is -0.138. The summed E-state index contributed by atoms with van der Waals surface area (Å²) in [6.07, 6.45) is 1.95. The Bertz CT molecular complexity index is 1080. The number of anilines is 1. The van der Waals surface area contributed by atoms with Gasteiger partial charge in [0, 0.05) is 18.5 Å². The third-order valence-corrected chi connectivity index (χ3v) is 5.48. The fourth-order valence-corrected chi connectivity index (χ4v) is 4.17. The average Bonchev–Trinajstić information content (AvgIpc) is 3.07. The molecule has 5 rings (SSSR count). The van der Waals surface area contributed by atoms with Gasteiger partial charge in [0.2, 0.25) is 0 Å². The summed E-state index contributed by atoms with van der Waals surface area (Å²) >= 11 is 0. The highest BCUT2D eigenvalue weighted by Gasteiger charge is 2.26. The van der Waals surface area contributed by atoms with Crippen LogP contribution in [0.2, 0.25) is 0 Å². The molecule has 0 aliphatic carbocycles. The van der Waals surface area contributed by atoms with Crippen LogP contribution in [0, 0.1) is 0 Å². The van der Waals surface area contributed by atoms with Crippen molar-refractivity contribution in [2.24, 2.45) is 0 Å². The smallest absolute Gasteiger partial charge is 0.253 e. The second-order valence-corrected chi connectivity index (χ2v) is 7.11. The first kappa shape index (κ1) is 16.5. The van der Waals surface area contributed by atoms with Gasteiger partial charge in [-0.2, -0.15) is 5.10 Å². The zero-order valence-electron chi connectivity index (χ0n) is 14.9. The number of nitrogens with one attached hydrogen (secondary N) is 2. The molecular weight excluding hydrogens is 346 g/mol. The van der Waals surface area contributed by atoms with Crippen LogP contribution in [0.25, 0.3) is 16.6 Å². The highest BCUT2D eigenvalue weighted by molar-refractivity contribution is 6.08. The van der Waals surface area contributed by atoms with Crippen LogP contribution >= 0.6 is 0 Å². The second-order valence-electron chi connectivity index (χ2n) is 7.11. The molecule has 2 saturated heterocycles. The SMILES string of the molecule is O=C1COCCN1c1cccc2nn3c(C4CCNCC4)cc(=O)[nH]c3c12. The molecule has 8 nitrogen and oxygen atoms in total. The molecule has 2 aromatic heterocycles. The number of fused-ring (bicyclic) bond motifs is 3. The lowest BCUT2D eigenvalue weighted by Crippen LogP contribution is -2.41. The molecule has 0 bridgehead atoms. The van der Waals surface area contributed by atoms with E-state index in [2.05, 4.69) is 10.3 Å². The number of morpholine rings is 1. The average molecular weight is 367 g/mol. The molecule has 2 fully saturated rings. The molecule has 0 atom stereocenters. The summed E-state index contributed by atoms with van der Waals surface area (Å²) in [4.78, 5) is 29.5. The van der Waals surface area contributed by atoms with Gasteiger partial charge in [-0.3, -0.25) is 9.59 Å². The lowest BCUT2D eigenvalue weighted by atomic mass is 9.94. The van der Waals surface area contributed by atoms with Crippen molar-refractivity contribution < 1.29 is 9.53 Å². The Kier molecular flexibility index (Phi) is 3.95.